The molecule has 174 valence electrons. The van der Waals surface area contributed by atoms with E-state index in [2.05, 4.69) is 0 Å². The third-order valence-corrected chi connectivity index (χ3v) is 6.16. The Bertz CT molecular complexity index is 1000. The third kappa shape index (κ3) is 8.13. The first-order valence-corrected chi connectivity index (χ1v) is 12.1. The van der Waals surface area contributed by atoms with Crippen LogP contribution < -0.4 is 0 Å². The Kier molecular flexibility index (Phi) is 9.19. The van der Waals surface area contributed by atoms with Gasteiger partial charge in [-0.05, 0) is 47.0 Å². The fourth-order valence-corrected chi connectivity index (χ4v) is 4.37. The monoisotopic (exact) mass is 466 g/mol. The third-order valence-electron chi connectivity index (χ3n) is 5.30. The Hall–Kier alpha value is -2.99. The second kappa shape index (κ2) is 12.3. The number of rotatable bonds is 11. The minimum Gasteiger partial charge on any atom is -0.333 e. The van der Waals surface area contributed by atoms with Gasteiger partial charge in [0.05, 0.1) is 13.1 Å². The summed E-state index contributed by atoms with van der Waals surface area (Å²) >= 11 is 1.59. The number of aryl methyl sites for hydroxylation is 1. The average molecular weight is 467 g/mol. The van der Waals surface area contributed by atoms with Gasteiger partial charge in [-0.1, -0.05) is 62.4 Å². The van der Waals surface area contributed by atoms with Crippen LogP contribution in [0.5, 0.6) is 0 Å². The quantitative estimate of drug-likeness (QED) is 0.373. The lowest BCUT2D eigenvalue weighted by Crippen LogP contribution is -2.43. The summed E-state index contributed by atoms with van der Waals surface area (Å²) in [6, 6.07) is 20.1. The van der Waals surface area contributed by atoms with Crippen molar-refractivity contribution in [2.75, 3.05) is 13.1 Å². The van der Waals surface area contributed by atoms with Crippen molar-refractivity contribution in [3.63, 3.8) is 0 Å². The molecular weight excluding hydrogens is 435 g/mol. The molecule has 0 fully saturated rings. The van der Waals surface area contributed by atoms with Gasteiger partial charge in [0.2, 0.25) is 11.8 Å². The highest BCUT2D eigenvalue weighted by atomic mass is 32.1. The fourth-order valence-electron chi connectivity index (χ4n) is 3.65. The molecule has 2 amide bonds. The van der Waals surface area contributed by atoms with Crippen LogP contribution in [-0.4, -0.2) is 34.7 Å². The van der Waals surface area contributed by atoms with Gasteiger partial charge in [-0.15, -0.1) is 11.3 Å². The van der Waals surface area contributed by atoms with Crippen molar-refractivity contribution < 1.29 is 14.0 Å². The molecule has 1 heterocycles. The second-order valence-corrected chi connectivity index (χ2v) is 9.64. The zero-order valence-electron chi connectivity index (χ0n) is 19.2. The summed E-state index contributed by atoms with van der Waals surface area (Å²) < 4.78 is 13.3. The molecule has 33 heavy (non-hydrogen) atoms. The topological polar surface area (TPSA) is 40.6 Å². The Balaban J connectivity index is 1.70. The molecule has 6 heteroatoms. The average Bonchev–Trinajstić information content (AvgIpc) is 3.31. The molecule has 0 aliphatic carbocycles. The first-order chi connectivity index (χ1) is 15.9. The Labute approximate surface area is 199 Å². The van der Waals surface area contributed by atoms with Crippen LogP contribution in [0.15, 0.2) is 72.1 Å². The van der Waals surface area contributed by atoms with Crippen molar-refractivity contribution in [3.8, 4) is 0 Å². The van der Waals surface area contributed by atoms with Gasteiger partial charge in [0.25, 0.3) is 0 Å². The zero-order valence-corrected chi connectivity index (χ0v) is 20.1. The summed E-state index contributed by atoms with van der Waals surface area (Å²) in [7, 11) is 0. The lowest BCUT2D eigenvalue weighted by atomic mass is 10.1. The molecule has 0 spiro atoms. The highest BCUT2D eigenvalue weighted by Crippen LogP contribution is 2.16. The number of benzene rings is 2. The molecule has 0 aliphatic heterocycles. The van der Waals surface area contributed by atoms with Gasteiger partial charge in [-0.2, -0.15) is 0 Å². The van der Waals surface area contributed by atoms with E-state index >= 15 is 0 Å². The molecular formula is C27H31FN2O2S. The van der Waals surface area contributed by atoms with Gasteiger partial charge >= 0.3 is 0 Å². The van der Waals surface area contributed by atoms with Crippen molar-refractivity contribution in [1.82, 2.24) is 9.80 Å². The largest absolute Gasteiger partial charge is 0.333 e. The van der Waals surface area contributed by atoms with Crippen LogP contribution in [0.1, 0.15) is 36.3 Å². The smallest absolute Gasteiger partial charge is 0.242 e. The van der Waals surface area contributed by atoms with E-state index in [1.165, 1.54) is 12.1 Å². The molecule has 0 unspecified atom stereocenters. The zero-order chi connectivity index (χ0) is 23.6. The SMILES string of the molecule is CC(C)CN(CC(=O)N(Cc1ccc(F)cc1)Cc1cccs1)C(=O)CCc1ccccc1. The van der Waals surface area contributed by atoms with Crippen LogP contribution in [0.2, 0.25) is 0 Å². The predicted molar refractivity (Wildman–Crippen MR) is 131 cm³/mol. The number of hydrogen-bond acceptors (Lipinski definition) is 3. The van der Waals surface area contributed by atoms with Gasteiger partial charge in [0, 0.05) is 24.4 Å². The van der Waals surface area contributed by atoms with E-state index < -0.39 is 0 Å². The molecule has 0 atom stereocenters. The molecule has 0 N–H and O–H groups in total. The van der Waals surface area contributed by atoms with E-state index in [1.807, 2.05) is 61.7 Å². The predicted octanol–water partition coefficient (Wildman–Crippen LogP) is 5.53. The van der Waals surface area contributed by atoms with E-state index in [1.54, 1.807) is 33.3 Å². The van der Waals surface area contributed by atoms with Gasteiger partial charge in [0.15, 0.2) is 0 Å². The van der Waals surface area contributed by atoms with E-state index in [4.69, 9.17) is 0 Å². The van der Waals surface area contributed by atoms with Crippen LogP contribution >= 0.6 is 11.3 Å². The molecule has 4 nitrogen and oxygen atoms in total. The standard InChI is InChI=1S/C27H31FN2O2S/c1-21(2)17-29(26(31)15-12-22-7-4-3-5-8-22)20-27(32)30(19-25-9-6-16-33-25)18-23-10-13-24(28)14-11-23/h3-11,13-14,16,21H,12,15,17-20H2,1-2H3. The number of carbonyl (C=O) groups is 2. The summed E-state index contributed by atoms with van der Waals surface area (Å²) in [4.78, 5) is 30.9. The number of halogens is 1. The summed E-state index contributed by atoms with van der Waals surface area (Å²) in [5.74, 6) is -0.177. The van der Waals surface area contributed by atoms with Crippen LogP contribution in [0.25, 0.3) is 0 Å². The lowest BCUT2D eigenvalue weighted by Gasteiger charge is -2.29. The summed E-state index contributed by atoms with van der Waals surface area (Å²) in [6.07, 6.45) is 1.02. The number of thiophene rings is 1. The molecule has 1 aromatic heterocycles. The summed E-state index contributed by atoms with van der Waals surface area (Å²) in [6.45, 7) is 5.49. The van der Waals surface area contributed by atoms with Crippen molar-refractivity contribution in [3.05, 3.63) is 93.9 Å². The van der Waals surface area contributed by atoms with Crippen molar-refractivity contribution in [2.45, 2.75) is 39.8 Å². The van der Waals surface area contributed by atoms with Crippen LogP contribution in [0.3, 0.4) is 0 Å². The number of hydrogen-bond donors (Lipinski definition) is 0. The highest BCUT2D eigenvalue weighted by Gasteiger charge is 2.22. The molecule has 0 saturated carbocycles. The molecule has 0 bridgehead atoms. The van der Waals surface area contributed by atoms with Gasteiger partial charge in [0.1, 0.15) is 5.82 Å². The Morgan fingerprint density at radius 2 is 1.58 bits per heavy atom. The molecule has 2 aromatic carbocycles. The summed E-state index contributed by atoms with van der Waals surface area (Å²) in [5, 5.41) is 1.98. The maximum Gasteiger partial charge on any atom is 0.242 e. The Morgan fingerprint density at radius 3 is 2.21 bits per heavy atom. The van der Waals surface area contributed by atoms with Gasteiger partial charge < -0.3 is 9.80 Å². The van der Waals surface area contributed by atoms with Crippen LogP contribution in [0.4, 0.5) is 4.39 Å². The number of carbonyl (C=O) groups excluding carboxylic acids is 2. The molecule has 3 rings (SSSR count). The minimum atomic E-state index is -0.304. The highest BCUT2D eigenvalue weighted by molar-refractivity contribution is 7.09. The van der Waals surface area contributed by atoms with Crippen molar-refractivity contribution in [2.24, 2.45) is 5.92 Å². The van der Waals surface area contributed by atoms with Gasteiger partial charge in [-0.25, -0.2) is 4.39 Å². The maximum atomic E-state index is 13.4. The molecule has 3 aromatic rings. The number of nitrogens with zero attached hydrogens (tertiary/aromatic N) is 2. The van der Waals surface area contributed by atoms with Crippen LogP contribution in [-0.2, 0) is 29.1 Å². The normalized spacial score (nSPS) is 10.9. The van der Waals surface area contributed by atoms with Gasteiger partial charge in [-0.3, -0.25) is 9.59 Å². The fraction of sp³-hybridized carbons (Fsp3) is 0.333. The summed E-state index contributed by atoms with van der Waals surface area (Å²) in [5.41, 5.74) is 1.96. The van der Waals surface area contributed by atoms with Crippen molar-refractivity contribution >= 4 is 23.2 Å². The number of amides is 2. The second-order valence-electron chi connectivity index (χ2n) is 8.61. The molecule has 0 saturated heterocycles. The van der Waals surface area contributed by atoms with E-state index in [0.717, 1.165) is 16.0 Å². The first kappa shape index (κ1) is 24.6. The van der Waals surface area contributed by atoms with E-state index in [-0.39, 0.29) is 30.1 Å². The maximum absolute atomic E-state index is 13.4. The van der Waals surface area contributed by atoms with Crippen molar-refractivity contribution in [1.29, 1.82) is 0 Å². The van der Waals surface area contributed by atoms with E-state index in [0.29, 0.717) is 32.5 Å². The lowest BCUT2D eigenvalue weighted by molar-refractivity contribution is -0.141. The minimum absolute atomic E-state index is 0.0150. The van der Waals surface area contributed by atoms with Crippen LogP contribution in [0, 0.1) is 11.7 Å². The van der Waals surface area contributed by atoms with E-state index in [9.17, 15) is 14.0 Å². The Morgan fingerprint density at radius 1 is 0.848 bits per heavy atom. The first-order valence-electron chi connectivity index (χ1n) is 11.3. The molecule has 0 aliphatic rings. The molecule has 0 radical (unpaired) electrons.